The number of ether oxygens (including phenoxy) is 1. The van der Waals surface area contributed by atoms with Crippen LogP contribution in [-0.4, -0.2) is 57.9 Å². The standard InChI is InChI=1S/C16H26N2O3S/c1-16(2,15-6-4-3-5-7-15)14-17-8-13-22(19,20)18-9-11-21-12-10-18/h3-7,17H,8-14H2,1-2H3. The Bertz CT molecular complexity index is 552. The second-order valence-electron chi connectivity index (χ2n) is 6.25. The molecule has 1 saturated heterocycles. The molecule has 124 valence electrons. The van der Waals surface area contributed by atoms with Crippen molar-refractivity contribution in [2.24, 2.45) is 0 Å². The largest absolute Gasteiger partial charge is 0.379 e. The lowest BCUT2D eigenvalue weighted by Crippen LogP contribution is -2.44. The van der Waals surface area contributed by atoms with Crippen molar-refractivity contribution in [3.05, 3.63) is 35.9 Å². The Kier molecular flexibility index (Phi) is 5.97. The normalized spacial score (nSPS) is 17.5. The third-order valence-electron chi connectivity index (χ3n) is 4.02. The van der Waals surface area contributed by atoms with E-state index >= 15 is 0 Å². The molecule has 0 aromatic heterocycles. The Morgan fingerprint density at radius 1 is 1.18 bits per heavy atom. The van der Waals surface area contributed by atoms with E-state index < -0.39 is 10.0 Å². The van der Waals surface area contributed by atoms with Crippen LogP contribution in [-0.2, 0) is 20.2 Å². The summed E-state index contributed by atoms with van der Waals surface area (Å²) in [5.41, 5.74) is 1.22. The lowest BCUT2D eigenvalue weighted by molar-refractivity contribution is 0.0730. The second kappa shape index (κ2) is 7.55. The zero-order chi connectivity index (χ0) is 16.1. The van der Waals surface area contributed by atoms with Gasteiger partial charge in [-0.05, 0) is 5.56 Å². The highest BCUT2D eigenvalue weighted by atomic mass is 32.2. The first-order chi connectivity index (χ1) is 10.4. The molecule has 0 atom stereocenters. The van der Waals surface area contributed by atoms with Gasteiger partial charge in [0.25, 0.3) is 0 Å². The van der Waals surface area contributed by atoms with Crippen LogP contribution in [0.15, 0.2) is 30.3 Å². The van der Waals surface area contributed by atoms with Gasteiger partial charge in [0, 0.05) is 31.6 Å². The highest BCUT2D eigenvalue weighted by Crippen LogP contribution is 2.21. The fourth-order valence-corrected chi connectivity index (χ4v) is 3.91. The highest BCUT2D eigenvalue weighted by Gasteiger charge is 2.24. The van der Waals surface area contributed by atoms with Gasteiger partial charge in [0.05, 0.1) is 19.0 Å². The smallest absolute Gasteiger partial charge is 0.215 e. The zero-order valence-electron chi connectivity index (χ0n) is 13.4. The van der Waals surface area contributed by atoms with E-state index in [0.29, 0.717) is 32.8 Å². The quantitative estimate of drug-likeness (QED) is 0.766. The van der Waals surface area contributed by atoms with Crippen molar-refractivity contribution >= 4 is 10.0 Å². The summed E-state index contributed by atoms with van der Waals surface area (Å²) in [5.74, 6) is 0.137. The molecular weight excluding hydrogens is 300 g/mol. The van der Waals surface area contributed by atoms with Gasteiger partial charge in [-0.3, -0.25) is 0 Å². The van der Waals surface area contributed by atoms with Crippen LogP contribution in [0.3, 0.4) is 0 Å². The summed E-state index contributed by atoms with van der Waals surface area (Å²) in [4.78, 5) is 0. The average Bonchev–Trinajstić information content (AvgIpc) is 2.53. The lowest BCUT2D eigenvalue weighted by Gasteiger charge is -2.27. The molecule has 0 radical (unpaired) electrons. The molecule has 1 heterocycles. The van der Waals surface area contributed by atoms with Crippen LogP contribution in [0.2, 0.25) is 0 Å². The van der Waals surface area contributed by atoms with E-state index in [1.54, 1.807) is 0 Å². The topological polar surface area (TPSA) is 58.6 Å². The molecule has 1 aliphatic heterocycles. The van der Waals surface area contributed by atoms with Gasteiger partial charge in [-0.2, -0.15) is 4.31 Å². The predicted octanol–water partition coefficient (Wildman–Crippen LogP) is 1.22. The van der Waals surface area contributed by atoms with Crippen LogP contribution in [0, 0.1) is 0 Å². The van der Waals surface area contributed by atoms with Crippen LogP contribution in [0.5, 0.6) is 0 Å². The van der Waals surface area contributed by atoms with E-state index in [1.165, 1.54) is 9.87 Å². The molecular formula is C16H26N2O3S. The van der Waals surface area contributed by atoms with Gasteiger partial charge < -0.3 is 10.1 Å². The molecule has 1 N–H and O–H groups in total. The minimum atomic E-state index is -3.17. The molecule has 1 aromatic carbocycles. The molecule has 2 rings (SSSR count). The molecule has 1 fully saturated rings. The van der Waals surface area contributed by atoms with E-state index in [9.17, 15) is 8.42 Å². The number of hydrogen-bond donors (Lipinski definition) is 1. The average molecular weight is 326 g/mol. The number of morpholine rings is 1. The number of nitrogens with one attached hydrogen (secondary N) is 1. The molecule has 6 heteroatoms. The van der Waals surface area contributed by atoms with Crippen LogP contribution < -0.4 is 5.32 Å². The predicted molar refractivity (Wildman–Crippen MR) is 88.5 cm³/mol. The Hall–Kier alpha value is -0.950. The Morgan fingerprint density at radius 3 is 2.45 bits per heavy atom. The molecule has 0 unspecified atom stereocenters. The van der Waals surface area contributed by atoms with Gasteiger partial charge in [0.2, 0.25) is 10.0 Å². The Morgan fingerprint density at radius 2 is 1.82 bits per heavy atom. The summed E-state index contributed by atoms with van der Waals surface area (Å²) < 4.78 is 31.1. The van der Waals surface area contributed by atoms with Crippen molar-refractivity contribution in [2.75, 3.05) is 45.1 Å². The summed E-state index contributed by atoms with van der Waals surface area (Å²) in [6.07, 6.45) is 0. The van der Waals surface area contributed by atoms with Crippen molar-refractivity contribution in [3.63, 3.8) is 0 Å². The third kappa shape index (κ3) is 4.78. The molecule has 0 spiro atoms. The van der Waals surface area contributed by atoms with Gasteiger partial charge in [0.15, 0.2) is 0 Å². The fourth-order valence-electron chi connectivity index (χ4n) is 2.55. The van der Waals surface area contributed by atoms with E-state index in [1.807, 2.05) is 18.2 Å². The summed E-state index contributed by atoms with van der Waals surface area (Å²) in [6, 6.07) is 10.3. The zero-order valence-corrected chi connectivity index (χ0v) is 14.2. The number of benzene rings is 1. The van der Waals surface area contributed by atoms with Crippen molar-refractivity contribution in [3.8, 4) is 0 Å². The SMILES string of the molecule is CC(C)(CNCCS(=O)(=O)N1CCOCC1)c1ccccc1. The van der Waals surface area contributed by atoms with Gasteiger partial charge in [-0.15, -0.1) is 0 Å². The summed E-state index contributed by atoms with van der Waals surface area (Å²) in [6.45, 7) is 7.46. The van der Waals surface area contributed by atoms with Crippen molar-refractivity contribution < 1.29 is 13.2 Å². The molecule has 1 aromatic rings. The second-order valence-corrected chi connectivity index (χ2v) is 8.34. The fraction of sp³-hybridized carbons (Fsp3) is 0.625. The maximum atomic E-state index is 12.2. The Balaban J connectivity index is 1.79. The van der Waals surface area contributed by atoms with Crippen molar-refractivity contribution in [1.82, 2.24) is 9.62 Å². The summed E-state index contributed by atoms with van der Waals surface area (Å²) >= 11 is 0. The van der Waals surface area contributed by atoms with E-state index in [-0.39, 0.29) is 11.2 Å². The van der Waals surface area contributed by atoms with E-state index in [4.69, 9.17) is 4.74 Å². The molecule has 0 bridgehead atoms. The van der Waals surface area contributed by atoms with Gasteiger partial charge >= 0.3 is 0 Å². The number of nitrogens with zero attached hydrogens (tertiary/aromatic N) is 1. The minimum Gasteiger partial charge on any atom is -0.379 e. The Labute approximate surface area is 133 Å². The van der Waals surface area contributed by atoms with Crippen LogP contribution >= 0.6 is 0 Å². The molecule has 0 saturated carbocycles. The maximum Gasteiger partial charge on any atom is 0.215 e. The third-order valence-corrected chi connectivity index (χ3v) is 5.89. The molecule has 0 aliphatic carbocycles. The summed E-state index contributed by atoms with van der Waals surface area (Å²) in [5, 5.41) is 3.28. The van der Waals surface area contributed by atoms with Crippen molar-refractivity contribution in [1.29, 1.82) is 0 Å². The van der Waals surface area contributed by atoms with Gasteiger partial charge in [-0.25, -0.2) is 8.42 Å². The van der Waals surface area contributed by atoms with E-state index in [2.05, 4.69) is 31.3 Å². The van der Waals surface area contributed by atoms with Gasteiger partial charge in [0.1, 0.15) is 0 Å². The van der Waals surface area contributed by atoms with Crippen molar-refractivity contribution in [2.45, 2.75) is 19.3 Å². The van der Waals surface area contributed by atoms with Crippen LogP contribution in [0.1, 0.15) is 19.4 Å². The van der Waals surface area contributed by atoms with Crippen LogP contribution in [0.25, 0.3) is 0 Å². The number of hydrogen-bond acceptors (Lipinski definition) is 4. The molecule has 22 heavy (non-hydrogen) atoms. The van der Waals surface area contributed by atoms with Gasteiger partial charge in [-0.1, -0.05) is 44.2 Å². The first-order valence-electron chi connectivity index (χ1n) is 7.74. The summed E-state index contributed by atoms with van der Waals surface area (Å²) in [7, 11) is -3.17. The monoisotopic (exact) mass is 326 g/mol. The molecule has 0 amide bonds. The minimum absolute atomic E-state index is 0.0238. The highest BCUT2D eigenvalue weighted by molar-refractivity contribution is 7.89. The van der Waals surface area contributed by atoms with E-state index in [0.717, 1.165) is 6.54 Å². The first kappa shape index (κ1) is 17.4. The number of rotatable bonds is 7. The lowest BCUT2D eigenvalue weighted by atomic mass is 9.85. The molecule has 5 nitrogen and oxygen atoms in total. The maximum absolute atomic E-state index is 12.2. The number of sulfonamides is 1. The van der Waals surface area contributed by atoms with Crippen LogP contribution in [0.4, 0.5) is 0 Å². The molecule has 1 aliphatic rings. The first-order valence-corrected chi connectivity index (χ1v) is 9.34.